The first-order chi connectivity index (χ1) is 26.3. The molecule has 0 saturated carbocycles. The van der Waals surface area contributed by atoms with Gasteiger partial charge in [0.15, 0.2) is 0 Å². The molecule has 0 aliphatic carbocycles. The van der Waals surface area contributed by atoms with E-state index >= 15 is 0 Å². The summed E-state index contributed by atoms with van der Waals surface area (Å²) < 4.78 is 0. The van der Waals surface area contributed by atoms with E-state index in [0.717, 1.165) is 0 Å². The zero-order chi connectivity index (χ0) is 38.4. The smallest absolute Gasteiger partial charge is 0.507 e. The standard InChI is InChI=1S/3C14H12N2O2.2Co/c3*17-13-7-3-1-5-11(13)9-15-16-10-12-6-2-4-8-14(12)18;;/h3*1-10,17-18H;;/q;;;2*+2. The van der Waals surface area contributed by atoms with Crippen LogP contribution in [-0.2, 0) is 33.6 Å². The Labute approximate surface area is 344 Å². The minimum atomic E-state index is 0. The van der Waals surface area contributed by atoms with Crippen LogP contribution < -0.4 is 0 Å². The first kappa shape index (κ1) is 45.3. The van der Waals surface area contributed by atoms with Crippen LogP contribution in [0.15, 0.2) is 176 Å². The number of para-hydroxylation sites is 6. The van der Waals surface area contributed by atoms with Gasteiger partial charge in [0.2, 0.25) is 0 Å². The topological polar surface area (TPSA) is 196 Å². The molecule has 12 nitrogen and oxygen atoms in total. The van der Waals surface area contributed by atoms with Crippen LogP contribution in [0.25, 0.3) is 0 Å². The summed E-state index contributed by atoms with van der Waals surface area (Å²) in [6.45, 7) is 0. The molecule has 2 radical (unpaired) electrons. The molecule has 0 bridgehead atoms. The first-order valence-electron chi connectivity index (χ1n) is 16.2. The quantitative estimate of drug-likeness (QED) is 0.0639. The van der Waals surface area contributed by atoms with Crippen molar-refractivity contribution in [3.8, 4) is 34.5 Å². The molecule has 0 saturated heterocycles. The van der Waals surface area contributed by atoms with Crippen LogP contribution in [0.4, 0.5) is 0 Å². The summed E-state index contributed by atoms with van der Waals surface area (Å²) in [7, 11) is 0. The zero-order valence-electron chi connectivity index (χ0n) is 29.4. The van der Waals surface area contributed by atoms with Crippen molar-refractivity contribution in [1.82, 2.24) is 0 Å². The van der Waals surface area contributed by atoms with Gasteiger partial charge in [-0.05, 0) is 72.8 Å². The van der Waals surface area contributed by atoms with Gasteiger partial charge >= 0.3 is 33.6 Å². The van der Waals surface area contributed by atoms with Crippen LogP contribution in [0.5, 0.6) is 34.5 Å². The maximum absolute atomic E-state index is 9.49. The minimum Gasteiger partial charge on any atom is -0.507 e. The first-order valence-corrected chi connectivity index (χ1v) is 16.2. The van der Waals surface area contributed by atoms with Crippen molar-refractivity contribution in [2.45, 2.75) is 0 Å². The van der Waals surface area contributed by atoms with E-state index < -0.39 is 0 Å². The van der Waals surface area contributed by atoms with E-state index in [4.69, 9.17) is 0 Å². The molecule has 284 valence electrons. The molecule has 0 spiro atoms. The molecule has 0 aliphatic rings. The molecule has 6 rings (SSSR count). The van der Waals surface area contributed by atoms with Crippen LogP contribution >= 0.6 is 0 Å². The van der Waals surface area contributed by atoms with E-state index in [1.54, 1.807) is 146 Å². The predicted molar refractivity (Wildman–Crippen MR) is 214 cm³/mol. The van der Waals surface area contributed by atoms with Crippen LogP contribution in [0, 0.1) is 0 Å². The van der Waals surface area contributed by atoms with Crippen LogP contribution in [0.2, 0.25) is 0 Å². The van der Waals surface area contributed by atoms with Crippen LogP contribution in [0.1, 0.15) is 33.4 Å². The average molecular weight is 839 g/mol. The summed E-state index contributed by atoms with van der Waals surface area (Å²) in [5.74, 6) is 0.911. The fourth-order valence-electron chi connectivity index (χ4n) is 4.15. The number of aromatic hydroxyl groups is 6. The van der Waals surface area contributed by atoms with Gasteiger partial charge in [-0.2, -0.15) is 30.6 Å². The molecule has 56 heavy (non-hydrogen) atoms. The van der Waals surface area contributed by atoms with Crippen LogP contribution in [-0.4, -0.2) is 67.9 Å². The van der Waals surface area contributed by atoms with Gasteiger partial charge in [-0.1, -0.05) is 72.8 Å². The Morgan fingerprint density at radius 2 is 0.357 bits per heavy atom. The van der Waals surface area contributed by atoms with Crippen molar-refractivity contribution in [2.24, 2.45) is 30.6 Å². The van der Waals surface area contributed by atoms with Gasteiger partial charge in [0, 0.05) is 33.4 Å². The number of phenols is 6. The summed E-state index contributed by atoms with van der Waals surface area (Å²) in [4.78, 5) is 0. The third-order valence-electron chi connectivity index (χ3n) is 7.00. The molecule has 6 N–H and O–H groups in total. The maximum Gasteiger partial charge on any atom is 2.00 e. The summed E-state index contributed by atoms with van der Waals surface area (Å²) in [6, 6.07) is 41.0. The molecule has 0 atom stereocenters. The minimum absolute atomic E-state index is 0. The Balaban J connectivity index is 0.000000285. The molecule has 0 amide bonds. The van der Waals surface area contributed by atoms with Gasteiger partial charge in [0.1, 0.15) is 34.5 Å². The fourth-order valence-corrected chi connectivity index (χ4v) is 4.15. The molecule has 0 aliphatic heterocycles. The molecule has 6 aromatic carbocycles. The Morgan fingerprint density at radius 1 is 0.232 bits per heavy atom. The van der Waals surface area contributed by atoms with E-state index in [9.17, 15) is 30.6 Å². The summed E-state index contributed by atoms with van der Waals surface area (Å²) in [5, 5.41) is 79.8. The van der Waals surface area contributed by atoms with E-state index in [1.807, 2.05) is 0 Å². The second-order valence-corrected chi connectivity index (χ2v) is 10.8. The SMILES string of the molecule is Oc1ccccc1C=NN=Cc1ccccc1O.Oc1ccccc1C=NN=Cc1ccccc1O.Oc1ccccc1C=NN=Cc1ccccc1O.[Co+2].[Co+2]. The van der Waals surface area contributed by atoms with Crippen LogP contribution in [0.3, 0.4) is 0 Å². The third-order valence-corrected chi connectivity index (χ3v) is 7.00. The molecule has 14 heteroatoms. The molecule has 0 unspecified atom stereocenters. The summed E-state index contributed by atoms with van der Waals surface area (Å²) in [5.41, 5.74) is 3.54. The normalized spacial score (nSPS) is 10.9. The van der Waals surface area contributed by atoms with Gasteiger partial charge < -0.3 is 30.6 Å². The number of phenolic OH excluding ortho intramolecular Hbond substituents is 6. The average Bonchev–Trinajstić information content (AvgIpc) is 3.18. The number of benzene rings is 6. The number of hydrogen-bond acceptors (Lipinski definition) is 12. The van der Waals surface area contributed by atoms with Gasteiger partial charge in [-0.3, -0.25) is 0 Å². The molecular formula is C42H36Co2N6O6+4. The van der Waals surface area contributed by atoms with E-state index in [-0.39, 0.29) is 68.1 Å². The summed E-state index contributed by atoms with van der Waals surface area (Å²) >= 11 is 0. The molecular weight excluding hydrogens is 802 g/mol. The fraction of sp³-hybridized carbons (Fsp3) is 0. The Kier molecular flexibility index (Phi) is 20.4. The van der Waals surface area contributed by atoms with Crippen molar-refractivity contribution >= 4 is 37.3 Å². The number of nitrogens with zero attached hydrogens (tertiary/aromatic N) is 6. The zero-order valence-corrected chi connectivity index (χ0v) is 31.4. The molecule has 0 aromatic heterocycles. The Bertz CT molecular complexity index is 1880. The third kappa shape index (κ3) is 15.6. The maximum atomic E-state index is 9.49. The molecule has 0 heterocycles. The van der Waals surface area contributed by atoms with Gasteiger partial charge in [0.25, 0.3) is 0 Å². The Hall–Kier alpha value is -6.85. The molecule has 6 aromatic rings. The van der Waals surface area contributed by atoms with Gasteiger partial charge in [0.05, 0.1) is 37.3 Å². The van der Waals surface area contributed by atoms with Crippen molar-refractivity contribution in [2.75, 3.05) is 0 Å². The van der Waals surface area contributed by atoms with Gasteiger partial charge in [-0.25, -0.2) is 0 Å². The molecule has 0 fully saturated rings. The van der Waals surface area contributed by atoms with Crippen molar-refractivity contribution in [1.29, 1.82) is 0 Å². The van der Waals surface area contributed by atoms with Crippen molar-refractivity contribution in [3.05, 3.63) is 179 Å². The second kappa shape index (κ2) is 25.2. The van der Waals surface area contributed by atoms with E-state index in [1.165, 1.54) is 37.3 Å². The number of hydrogen-bond donors (Lipinski definition) is 6. The van der Waals surface area contributed by atoms with Crippen molar-refractivity contribution < 1.29 is 64.2 Å². The van der Waals surface area contributed by atoms with Gasteiger partial charge in [-0.15, -0.1) is 0 Å². The summed E-state index contributed by atoms with van der Waals surface area (Å²) in [6.07, 6.45) is 8.70. The monoisotopic (exact) mass is 838 g/mol. The largest absolute Gasteiger partial charge is 2.00 e. The van der Waals surface area contributed by atoms with Crippen molar-refractivity contribution in [3.63, 3.8) is 0 Å². The van der Waals surface area contributed by atoms with E-state index in [0.29, 0.717) is 33.4 Å². The van der Waals surface area contributed by atoms with E-state index in [2.05, 4.69) is 30.6 Å². The Morgan fingerprint density at radius 3 is 0.482 bits per heavy atom. The second-order valence-electron chi connectivity index (χ2n) is 10.8. The number of rotatable bonds is 9. The predicted octanol–water partition coefficient (Wildman–Crippen LogP) is 7.65.